The van der Waals surface area contributed by atoms with E-state index in [4.69, 9.17) is 0 Å². The molecule has 5 nitrogen and oxygen atoms in total. The van der Waals surface area contributed by atoms with E-state index in [-0.39, 0.29) is 11.8 Å². The first-order valence-electron chi connectivity index (χ1n) is 8.16. The van der Waals surface area contributed by atoms with Gasteiger partial charge in [-0.2, -0.15) is 0 Å². The Balaban J connectivity index is 1.58. The summed E-state index contributed by atoms with van der Waals surface area (Å²) >= 11 is 1.56. The van der Waals surface area contributed by atoms with Crippen LogP contribution >= 0.6 is 11.3 Å². The summed E-state index contributed by atoms with van der Waals surface area (Å²) in [4.78, 5) is 33.1. The third-order valence-corrected chi connectivity index (χ3v) is 4.98. The van der Waals surface area contributed by atoms with Gasteiger partial charge in [-0.15, -0.1) is 11.3 Å². The summed E-state index contributed by atoms with van der Waals surface area (Å²) in [5.41, 5.74) is 1.54. The Bertz CT molecular complexity index is 714. The predicted molar refractivity (Wildman–Crippen MR) is 94.1 cm³/mol. The minimum absolute atomic E-state index is 0.0417. The molecule has 2 amide bonds. The van der Waals surface area contributed by atoms with Gasteiger partial charge in [-0.1, -0.05) is 18.2 Å². The lowest BCUT2D eigenvalue weighted by atomic mass is 10.2. The molecule has 6 heteroatoms. The summed E-state index contributed by atoms with van der Waals surface area (Å²) in [6, 6.07) is 9.31. The van der Waals surface area contributed by atoms with Crippen molar-refractivity contribution in [1.29, 1.82) is 0 Å². The van der Waals surface area contributed by atoms with Crippen LogP contribution < -0.4 is 0 Å². The normalized spacial score (nSPS) is 15.2. The minimum atomic E-state index is 0.0417. The van der Waals surface area contributed by atoms with E-state index in [2.05, 4.69) is 4.98 Å². The highest BCUT2D eigenvalue weighted by molar-refractivity contribution is 7.09. The Morgan fingerprint density at radius 1 is 1.08 bits per heavy atom. The third-order valence-electron chi connectivity index (χ3n) is 4.16. The molecule has 0 saturated carbocycles. The van der Waals surface area contributed by atoms with Crippen molar-refractivity contribution in [2.24, 2.45) is 0 Å². The van der Waals surface area contributed by atoms with E-state index in [9.17, 15) is 9.59 Å². The lowest BCUT2D eigenvalue weighted by molar-refractivity contribution is -0.130. The maximum absolute atomic E-state index is 12.5. The van der Waals surface area contributed by atoms with Crippen molar-refractivity contribution in [1.82, 2.24) is 14.8 Å². The van der Waals surface area contributed by atoms with Crippen molar-refractivity contribution in [2.75, 3.05) is 26.2 Å². The molecular formula is C18H21N3O2S. The minimum Gasteiger partial charge on any atom is -0.341 e. The number of amides is 2. The van der Waals surface area contributed by atoms with Gasteiger partial charge in [0.1, 0.15) is 0 Å². The number of nitrogens with zero attached hydrogens (tertiary/aromatic N) is 3. The summed E-state index contributed by atoms with van der Waals surface area (Å²) in [5, 5.41) is 2.92. The van der Waals surface area contributed by atoms with Crippen molar-refractivity contribution in [2.45, 2.75) is 19.8 Å². The Morgan fingerprint density at radius 3 is 2.50 bits per heavy atom. The van der Waals surface area contributed by atoms with Gasteiger partial charge in [0.25, 0.3) is 5.91 Å². The van der Waals surface area contributed by atoms with Gasteiger partial charge < -0.3 is 9.80 Å². The molecule has 0 atom stereocenters. The van der Waals surface area contributed by atoms with E-state index in [1.807, 2.05) is 52.4 Å². The summed E-state index contributed by atoms with van der Waals surface area (Å²) in [5.74, 6) is 0.134. The Morgan fingerprint density at radius 2 is 1.79 bits per heavy atom. The van der Waals surface area contributed by atoms with E-state index in [0.717, 1.165) is 17.1 Å². The van der Waals surface area contributed by atoms with Gasteiger partial charge >= 0.3 is 0 Å². The number of rotatable bonds is 3. The second-order valence-electron chi connectivity index (χ2n) is 5.93. The largest absolute Gasteiger partial charge is 0.341 e. The van der Waals surface area contributed by atoms with E-state index in [0.29, 0.717) is 38.2 Å². The molecule has 0 N–H and O–H groups in total. The van der Waals surface area contributed by atoms with Crippen molar-refractivity contribution >= 4 is 23.2 Å². The van der Waals surface area contributed by atoms with Crippen LogP contribution in [0.25, 0.3) is 0 Å². The van der Waals surface area contributed by atoms with Crippen LogP contribution in [-0.2, 0) is 11.2 Å². The molecule has 1 fully saturated rings. The van der Waals surface area contributed by atoms with Crippen LogP contribution in [0.15, 0.2) is 35.7 Å². The maximum Gasteiger partial charge on any atom is 0.253 e. The number of benzene rings is 1. The van der Waals surface area contributed by atoms with Crippen LogP contribution in [0, 0.1) is 6.92 Å². The molecule has 3 rings (SSSR count). The van der Waals surface area contributed by atoms with Gasteiger partial charge in [0.15, 0.2) is 0 Å². The van der Waals surface area contributed by atoms with Crippen LogP contribution in [0.5, 0.6) is 0 Å². The smallest absolute Gasteiger partial charge is 0.253 e. The lowest BCUT2D eigenvalue weighted by Gasteiger charge is -2.22. The van der Waals surface area contributed by atoms with E-state index >= 15 is 0 Å². The standard InChI is InChI=1S/C18H21N3O2S/c1-14-19-16(13-24-14)12-17(22)20-8-5-9-21(11-10-20)18(23)15-6-3-2-4-7-15/h2-4,6-7,13H,5,8-12H2,1H3. The number of hydrogen-bond donors (Lipinski definition) is 0. The second-order valence-corrected chi connectivity index (χ2v) is 6.99. The topological polar surface area (TPSA) is 53.5 Å². The second kappa shape index (κ2) is 7.57. The quantitative estimate of drug-likeness (QED) is 0.860. The lowest BCUT2D eigenvalue weighted by Crippen LogP contribution is -2.38. The fraction of sp³-hybridized carbons (Fsp3) is 0.389. The third kappa shape index (κ3) is 4.00. The number of carbonyl (C=O) groups excluding carboxylic acids is 2. The van der Waals surface area contributed by atoms with Gasteiger partial charge in [0.2, 0.25) is 5.91 Å². The van der Waals surface area contributed by atoms with E-state index in [1.54, 1.807) is 11.3 Å². The van der Waals surface area contributed by atoms with Crippen molar-refractivity contribution < 1.29 is 9.59 Å². The highest BCUT2D eigenvalue weighted by Crippen LogP contribution is 2.12. The molecule has 0 radical (unpaired) electrons. The number of thiazole rings is 1. The number of aromatic nitrogens is 1. The molecular weight excluding hydrogens is 322 g/mol. The summed E-state index contributed by atoms with van der Waals surface area (Å²) in [6.07, 6.45) is 1.15. The Labute approximate surface area is 145 Å². The monoisotopic (exact) mass is 343 g/mol. The van der Waals surface area contributed by atoms with Gasteiger partial charge in [0, 0.05) is 37.1 Å². The molecule has 1 aliphatic heterocycles. The molecule has 0 spiro atoms. The average Bonchev–Trinajstić information content (AvgIpc) is 2.86. The number of carbonyl (C=O) groups is 2. The van der Waals surface area contributed by atoms with Gasteiger partial charge in [-0.25, -0.2) is 4.98 Å². The van der Waals surface area contributed by atoms with Crippen molar-refractivity contribution in [3.63, 3.8) is 0 Å². The van der Waals surface area contributed by atoms with E-state index < -0.39 is 0 Å². The van der Waals surface area contributed by atoms with Crippen molar-refractivity contribution in [3.05, 3.63) is 52.0 Å². The molecule has 0 unspecified atom stereocenters. The Hall–Kier alpha value is -2.21. The van der Waals surface area contributed by atoms with Gasteiger partial charge in [-0.3, -0.25) is 9.59 Å². The SMILES string of the molecule is Cc1nc(CC(=O)N2CCCN(C(=O)c3ccccc3)CC2)cs1. The van der Waals surface area contributed by atoms with Crippen LogP contribution in [0.2, 0.25) is 0 Å². The fourth-order valence-electron chi connectivity index (χ4n) is 2.89. The molecule has 1 saturated heterocycles. The fourth-order valence-corrected chi connectivity index (χ4v) is 3.50. The van der Waals surface area contributed by atoms with Gasteiger partial charge in [0.05, 0.1) is 17.1 Å². The highest BCUT2D eigenvalue weighted by atomic mass is 32.1. The van der Waals surface area contributed by atoms with Crippen LogP contribution in [0.3, 0.4) is 0 Å². The summed E-state index contributed by atoms with van der Waals surface area (Å²) in [7, 11) is 0. The molecule has 2 heterocycles. The predicted octanol–water partition coefficient (Wildman–Crippen LogP) is 2.37. The molecule has 0 bridgehead atoms. The van der Waals surface area contributed by atoms with Crippen molar-refractivity contribution in [3.8, 4) is 0 Å². The van der Waals surface area contributed by atoms with Crippen LogP contribution in [0.4, 0.5) is 0 Å². The summed E-state index contributed by atoms with van der Waals surface area (Å²) < 4.78 is 0. The van der Waals surface area contributed by atoms with E-state index in [1.165, 1.54) is 0 Å². The molecule has 1 aromatic carbocycles. The first-order chi connectivity index (χ1) is 11.6. The molecule has 126 valence electrons. The zero-order chi connectivity index (χ0) is 16.9. The number of hydrogen-bond acceptors (Lipinski definition) is 4. The van der Waals surface area contributed by atoms with Gasteiger partial charge in [-0.05, 0) is 25.5 Å². The summed E-state index contributed by atoms with van der Waals surface area (Å²) in [6.45, 7) is 4.49. The average molecular weight is 343 g/mol. The first kappa shape index (κ1) is 16.6. The highest BCUT2D eigenvalue weighted by Gasteiger charge is 2.23. The molecule has 24 heavy (non-hydrogen) atoms. The maximum atomic E-state index is 12.5. The Kier molecular flexibility index (Phi) is 5.25. The molecule has 0 aliphatic carbocycles. The molecule has 2 aromatic rings. The molecule has 1 aliphatic rings. The van der Waals surface area contributed by atoms with Crippen LogP contribution in [0.1, 0.15) is 27.5 Å². The zero-order valence-electron chi connectivity index (χ0n) is 13.8. The van der Waals surface area contributed by atoms with Crippen LogP contribution in [-0.4, -0.2) is 52.8 Å². The first-order valence-corrected chi connectivity index (χ1v) is 9.04. The number of aryl methyl sites for hydroxylation is 1. The zero-order valence-corrected chi connectivity index (χ0v) is 14.6. The molecule has 1 aromatic heterocycles.